The molecule has 0 aliphatic rings. The summed E-state index contributed by atoms with van der Waals surface area (Å²) in [5, 5.41) is 0. The number of nitrogens with zero attached hydrogens (tertiary/aromatic N) is 3. The highest BCUT2D eigenvalue weighted by Crippen LogP contribution is 2.30. The molecule has 2 aromatic heterocycles. The Morgan fingerprint density at radius 1 is 1.25 bits per heavy atom. The molecular formula is C15H19IN4. The van der Waals surface area contributed by atoms with E-state index in [0.29, 0.717) is 11.6 Å². The highest BCUT2D eigenvalue weighted by atomic mass is 127. The van der Waals surface area contributed by atoms with E-state index in [-0.39, 0.29) is 5.41 Å². The quantitative estimate of drug-likeness (QED) is 0.807. The van der Waals surface area contributed by atoms with Crippen LogP contribution in [0.15, 0.2) is 18.3 Å². The van der Waals surface area contributed by atoms with E-state index in [4.69, 9.17) is 10.7 Å². The first-order valence-corrected chi connectivity index (χ1v) is 7.70. The van der Waals surface area contributed by atoms with E-state index in [1.807, 2.05) is 6.07 Å². The van der Waals surface area contributed by atoms with Crippen LogP contribution in [0.3, 0.4) is 0 Å². The summed E-state index contributed by atoms with van der Waals surface area (Å²) in [6, 6.07) is 3.99. The first-order valence-electron chi connectivity index (χ1n) is 6.62. The van der Waals surface area contributed by atoms with Crippen molar-refractivity contribution < 1.29 is 0 Å². The van der Waals surface area contributed by atoms with Crippen LogP contribution in [0, 0.1) is 3.57 Å². The third-order valence-electron chi connectivity index (χ3n) is 3.07. The van der Waals surface area contributed by atoms with Crippen molar-refractivity contribution in [2.45, 2.75) is 39.5 Å². The van der Waals surface area contributed by atoms with Gasteiger partial charge in [0.1, 0.15) is 11.5 Å². The summed E-state index contributed by atoms with van der Waals surface area (Å²) in [7, 11) is 0. The van der Waals surface area contributed by atoms with Crippen molar-refractivity contribution in [2.75, 3.05) is 5.73 Å². The molecule has 0 aromatic carbocycles. The van der Waals surface area contributed by atoms with Gasteiger partial charge in [0.25, 0.3) is 0 Å². The SMILES string of the molecule is CCc1cccnc1-c1nc(N)c(I)c(C(C)(C)C)n1. The number of hydrogen-bond donors (Lipinski definition) is 1. The normalized spacial score (nSPS) is 11.7. The summed E-state index contributed by atoms with van der Waals surface area (Å²) in [6.45, 7) is 8.47. The van der Waals surface area contributed by atoms with E-state index in [0.717, 1.165) is 26.9 Å². The van der Waals surface area contributed by atoms with E-state index < -0.39 is 0 Å². The van der Waals surface area contributed by atoms with Crippen LogP contribution in [0.4, 0.5) is 5.82 Å². The second kappa shape index (κ2) is 5.63. The van der Waals surface area contributed by atoms with E-state index >= 15 is 0 Å². The molecule has 0 aliphatic carbocycles. The standard InChI is InChI=1S/C15H19IN4/c1-5-9-7-6-8-18-11(9)14-19-12(15(2,3)4)10(16)13(17)20-14/h6-8H,5H2,1-4H3,(H2,17,19,20). The fourth-order valence-electron chi connectivity index (χ4n) is 1.99. The molecular weight excluding hydrogens is 363 g/mol. The second-order valence-electron chi connectivity index (χ2n) is 5.71. The average Bonchev–Trinajstić information content (AvgIpc) is 2.40. The fourth-order valence-corrected chi connectivity index (χ4v) is 3.04. The number of nitrogens with two attached hydrogens (primary N) is 1. The summed E-state index contributed by atoms with van der Waals surface area (Å²) in [4.78, 5) is 13.6. The predicted molar refractivity (Wildman–Crippen MR) is 90.5 cm³/mol. The van der Waals surface area contributed by atoms with Crippen molar-refractivity contribution >= 4 is 28.4 Å². The van der Waals surface area contributed by atoms with Gasteiger partial charge in [-0.1, -0.05) is 33.8 Å². The van der Waals surface area contributed by atoms with Crippen molar-refractivity contribution in [3.8, 4) is 11.5 Å². The number of rotatable bonds is 2. The number of nitrogen functional groups attached to an aromatic ring is 1. The van der Waals surface area contributed by atoms with Gasteiger partial charge in [0, 0.05) is 11.6 Å². The zero-order valence-electron chi connectivity index (χ0n) is 12.2. The first kappa shape index (κ1) is 15.2. The minimum absolute atomic E-state index is 0.0799. The molecule has 0 atom stereocenters. The lowest BCUT2D eigenvalue weighted by Crippen LogP contribution is -2.18. The molecule has 0 saturated heterocycles. The summed E-state index contributed by atoms with van der Waals surface area (Å²) in [5.41, 5.74) is 8.90. The summed E-state index contributed by atoms with van der Waals surface area (Å²) in [6.07, 6.45) is 2.66. The Morgan fingerprint density at radius 3 is 2.55 bits per heavy atom. The van der Waals surface area contributed by atoms with Crippen molar-refractivity contribution in [3.63, 3.8) is 0 Å². The molecule has 2 aromatic rings. The molecule has 0 saturated carbocycles. The fraction of sp³-hybridized carbons (Fsp3) is 0.400. The van der Waals surface area contributed by atoms with Crippen LogP contribution >= 0.6 is 22.6 Å². The Labute approximate surface area is 133 Å². The van der Waals surface area contributed by atoms with E-state index in [2.05, 4.69) is 66.3 Å². The maximum Gasteiger partial charge on any atom is 0.180 e. The Balaban J connectivity index is 2.67. The van der Waals surface area contributed by atoms with Crippen molar-refractivity contribution in [1.29, 1.82) is 0 Å². The number of aryl methyl sites for hydroxylation is 1. The zero-order valence-corrected chi connectivity index (χ0v) is 14.4. The van der Waals surface area contributed by atoms with Crippen molar-refractivity contribution in [3.05, 3.63) is 33.2 Å². The Hall–Kier alpha value is -1.24. The van der Waals surface area contributed by atoms with E-state index in [9.17, 15) is 0 Å². The topological polar surface area (TPSA) is 64.7 Å². The molecule has 2 rings (SSSR count). The molecule has 106 valence electrons. The molecule has 5 heteroatoms. The van der Waals surface area contributed by atoms with E-state index in [1.165, 1.54) is 0 Å². The minimum Gasteiger partial charge on any atom is -0.383 e. The van der Waals surface area contributed by atoms with Crippen LogP contribution in [0.2, 0.25) is 0 Å². The Bertz CT molecular complexity index is 632. The third-order valence-corrected chi connectivity index (χ3v) is 4.13. The number of pyridine rings is 1. The van der Waals surface area contributed by atoms with Gasteiger partial charge >= 0.3 is 0 Å². The summed E-state index contributed by atoms with van der Waals surface area (Å²) < 4.78 is 0.924. The lowest BCUT2D eigenvalue weighted by atomic mass is 9.92. The zero-order chi connectivity index (χ0) is 14.9. The molecule has 4 nitrogen and oxygen atoms in total. The largest absolute Gasteiger partial charge is 0.383 e. The van der Waals surface area contributed by atoms with Gasteiger partial charge in [0.2, 0.25) is 0 Å². The maximum absolute atomic E-state index is 6.06. The summed E-state index contributed by atoms with van der Waals surface area (Å²) >= 11 is 2.21. The van der Waals surface area contributed by atoms with Gasteiger partial charge in [-0.3, -0.25) is 4.98 Å². The van der Waals surface area contributed by atoms with E-state index in [1.54, 1.807) is 6.20 Å². The summed E-state index contributed by atoms with van der Waals surface area (Å²) in [5.74, 6) is 1.14. The van der Waals surface area contributed by atoms with Crippen LogP contribution in [0.5, 0.6) is 0 Å². The van der Waals surface area contributed by atoms with Crippen LogP contribution in [-0.2, 0) is 11.8 Å². The molecule has 2 N–H and O–H groups in total. The van der Waals surface area contributed by atoms with Gasteiger partial charge in [-0.2, -0.15) is 0 Å². The third kappa shape index (κ3) is 2.92. The highest BCUT2D eigenvalue weighted by molar-refractivity contribution is 14.1. The monoisotopic (exact) mass is 382 g/mol. The van der Waals surface area contributed by atoms with Gasteiger partial charge in [-0.25, -0.2) is 9.97 Å². The lowest BCUT2D eigenvalue weighted by molar-refractivity contribution is 0.564. The second-order valence-corrected chi connectivity index (χ2v) is 6.79. The van der Waals surface area contributed by atoms with Gasteiger partial charge in [-0.15, -0.1) is 0 Å². The van der Waals surface area contributed by atoms with Crippen LogP contribution < -0.4 is 5.73 Å². The molecule has 0 bridgehead atoms. The van der Waals surface area contributed by atoms with Crippen molar-refractivity contribution in [1.82, 2.24) is 15.0 Å². The smallest absolute Gasteiger partial charge is 0.180 e. The molecule has 0 radical (unpaired) electrons. The molecule has 0 amide bonds. The molecule has 0 spiro atoms. The van der Waals surface area contributed by atoms with Gasteiger partial charge in [-0.05, 0) is 40.6 Å². The lowest BCUT2D eigenvalue weighted by Gasteiger charge is -2.21. The molecule has 20 heavy (non-hydrogen) atoms. The maximum atomic E-state index is 6.06. The van der Waals surface area contributed by atoms with Gasteiger partial charge in [0.05, 0.1) is 9.26 Å². The van der Waals surface area contributed by atoms with Gasteiger partial charge in [0.15, 0.2) is 5.82 Å². The molecule has 0 fully saturated rings. The first-order chi connectivity index (χ1) is 9.34. The molecule has 0 aliphatic heterocycles. The predicted octanol–water partition coefficient (Wildman–Crippen LogP) is 3.59. The number of aromatic nitrogens is 3. The Kier molecular flexibility index (Phi) is 4.27. The minimum atomic E-state index is -0.0799. The molecule has 0 unspecified atom stereocenters. The van der Waals surface area contributed by atoms with Crippen molar-refractivity contribution in [2.24, 2.45) is 0 Å². The number of halogens is 1. The highest BCUT2D eigenvalue weighted by Gasteiger charge is 2.23. The number of anilines is 1. The van der Waals surface area contributed by atoms with Crippen LogP contribution in [-0.4, -0.2) is 15.0 Å². The van der Waals surface area contributed by atoms with Crippen LogP contribution in [0.25, 0.3) is 11.5 Å². The number of hydrogen-bond acceptors (Lipinski definition) is 4. The Morgan fingerprint density at radius 2 is 1.95 bits per heavy atom. The average molecular weight is 382 g/mol. The van der Waals surface area contributed by atoms with Gasteiger partial charge < -0.3 is 5.73 Å². The molecule has 2 heterocycles. The van der Waals surface area contributed by atoms with Crippen LogP contribution in [0.1, 0.15) is 39.0 Å².